The smallest absolute Gasteiger partial charge is 0.332 e. The Balaban J connectivity index is 2.03. The van der Waals surface area contributed by atoms with Gasteiger partial charge in [0.05, 0.1) is 19.8 Å². The Kier molecular flexibility index (Phi) is 10.4. The minimum atomic E-state index is -0.387. The van der Waals surface area contributed by atoms with E-state index in [9.17, 15) is 9.59 Å². The lowest BCUT2D eigenvalue weighted by atomic mass is 10.2. The van der Waals surface area contributed by atoms with E-state index in [1.54, 1.807) is 18.1 Å². The summed E-state index contributed by atoms with van der Waals surface area (Å²) in [4.78, 5) is 28.9. The van der Waals surface area contributed by atoms with Gasteiger partial charge in [0.2, 0.25) is 5.91 Å². The molecule has 134 valence electrons. The molecule has 0 N–H and O–H groups in total. The molecule has 0 bridgehead atoms. The van der Waals surface area contributed by atoms with Gasteiger partial charge in [0.15, 0.2) is 0 Å². The lowest BCUT2D eigenvalue weighted by Gasteiger charge is -2.16. The third-order valence-electron chi connectivity index (χ3n) is 3.14. The van der Waals surface area contributed by atoms with Crippen molar-refractivity contribution in [1.29, 1.82) is 0 Å². The van der Waals surface area contributed by atoms with Crippen LogP contribution >= 0.6 is 0 Å². The highest BCUT2D eigenvalue weighted by Gasteiger charge is 2.09. The molecular weight excluding hydrogens is 312 g/mol. The van der Waals surface area contributed by atoms with Gasteiger partial charge in [0, 0.05) is 31.9 Å². The van der Waals surface area contributed by atoms with E-state index in [1.807, 2.05) is 25.1 Å². The van der Waals surface area contributed by atoms with Gasteiger partial charge in [0.25, 0.3) is 0 Å². The molecule has 7 heteroatoms. The maximum absolute atomic E-state index is 11.9. The van der Waals surface area contributed by atoms with Crippen LogP contribution in [0.4, 0.5) is 0 Å². The Morgan fingerprint density at radius 3 is 2.54 bits per heavy atom. The Hall–Kier alpha value is -1.99. The summed E-state index contributed by atoms with van der Waals surface area (Å²) in [7, 11) is 1.73. The summed E-state index contributed by atoms with van der Waals surface area (Å²) in [6.45, 7) is 3.29. The van der Waals surface area contributed by atoms with Gasteiger partial charge in [-0.15, -0.1) is 0 Å². The van der Waals surface area contributed by atoms with E-state index in [0.29, 0.717) is 19.6 Å². The molecule has 0 spiro atoms. The van der Waals surface area contributed by atoms with Crippen molar-refractivity contribution in [2.75, 3.05) is 46.6 Å². The van der Waals surface area contributed by atoms with Gasteiger partial charge in [-0.25, -0.2) is 4.79 Å². The highest BCUT2D eigenvalue weighted by atomic mass is 16.6. The number of nitrogens with zero attached hydrogens (tertiary/aromatic N) is 2. The first-order valence-electron chi connectivity index (χ1n) is 8.08. The fourth-order valence-electron chi connectivity index (χ4n) is 1.75. The molecule has 0 aromatic carbocycles. The van der Waals surface area contributed by atoms with Gasteiger partial charge < -0.3 is 19.1 Å². The summed E-state index contributed by atoms with van der Waals surface area (Å²) in [5, 5.41) is 0. The number of pyridine rings is 1. The summed E-state index contributed by atoms with van der Waals surface area (Å²) >= 11 is 0. The van der Waals surface area contributed by atoms with Crippen molar-refractivity contribution in [1.82, 2.24) is 9.88 Å². The van der Waals surface area contributed by atoms with Crippen LogP contribution in [-0.2, 0) is 30.2 Å². The molecule has 0 radical (unpaired) electrons. The van der Waals surface area contributed by atoms with Gasteiger partial charge >= 0.3 is 5.97 Å². The Bertz CT molecular complexity index is 481. The van der Waals surface area contributed by atoms with Crippen LogP contribution in [0.2, 0.25) is 0 Å². The fraction of sp³-hybridized carbons (Fsp3) is 0.588. The minimum Gasteiger partial charge on any atom is -0.464 e. The van der Waals surface area contributed by atoms with Gasteiger partial charge in [-0.2, -0.15) is 0 Å². The lowest BCUT2D eigenvalue weighted by Crippen LogP contribution is -2.32. The monoisotopic (exact) mass is 338 g/mol. The van der Waals surface area contributed by atoms with Crippen LogP contribution in [0.25, 0.3) is 0 Å². The predicted octanol–water partition coefficient (Wildman–Crippen LogP) is 1.07. The molecule has 0 fully saturated rings. The van der Waals surface area contributed by atoms with Crippen molar-refractivity contribution in [2.45, 2.75) is 19.8 Å². The first-order chi connectivity index (χ1) is 11.6. The van der Waals surface area contributed by atoms with Crippen molar-refractivity contribution in [3.63, 3.8) is 0 Å². The number of carbonyl (C=O) groups is 2. The van der Waals surface area contributed by atoms with Crippen LogP contribution in [0.15, 0.2) is 24.4 Å². The quantitative estimate of drug-likeness (QED) is 0.419. The second-order valence-electron chi connectivity index (χ2n) is 5.21. The highest BCUT2D eigenvalue weighted by molar-refractivity contribution is 5.77. The van der Waals surface area contributed by atoms with Gasteiger partial charge in [-0.1, -0.05) is 13.0 Å². The number of likely N-dealkylation sites (N-methyl/N-ethyl adjacent to an activating group) is 1. The summed E-state index contributed by atoms with van der Waals surface area (Å²) < 4.78 is 15.2. The van der Waals surface area contributed by atoms with E-state index in [1.165, 1.54) is 0 Å². The van der Waals surface area contributed by atoms with E-state index >= 15 is 0 Å². The van der Waals surface area contributed by atoms with Crippen LogP contribution in [-0.4, -0.2) is 68.4 Å². The first kappa shape index (κ1) is 20.1. The fourth-order valence-corrected chi connectivity index (χ4v) is 1.75. The van der Waals surface area contributed by atoms with Crippen LogP contribution in [0.1, 0.15) is 19.0 Å². The maximum Gasteiger partial charge on any atom is 0.332 e. The zero-order chi connectivity index (χ0) is 17.6. The molecule has 1 heterocycles. The molecule has 0 saturated carbocycles. The number of amides is 1. The standard InChI is InChI=1S/C17H26N2O5/c1-3-10-24-17(21)14-23-12-11-22-13-16(20)19(2)9-7-15-6-4-5-8-18-15/h4-6,8H,3,7,9-14H2,1-2H3. The molecule has 0 atom stereocenters. The zero-order valence-corrected chi connectivity index (χ0v) is 14.4. The van der Waals surface area contributed by atoms with E-state index in [4.69, 9.17) is 14.2 Å². The Morgan fingerprint density at radius 1 is 1.12 bits per heavy atom. The number of aromatic nitrogens is 1. The second-order valence-corrected chi connectivity index (χ2v) is 5.21. The summed E-state index contributed by atoms with van der Waals surface area (Å²) in [5.74, 6) is -0.490. The summed E-state index contributed by atoms with van der Waals surface area (Å²) in [5.41, 5.74) is 0.946. The van der Waals surface area contributed by atoms with Crippen LogP contribution in [0.3, 0.4) is 0 Å². The van der Waals surface area contributed by atoms with E-state index in [2.05, 4.69) is 4.98 Å². The summed E-state index contributed by atoms with van der Waals surface area (Å²) in [6.07, 6.45) is 3.22. The second kappa shape index (κ2) is 12.4. The normalized spacial score (nSPS) is 10.4. The average molecular weight is 338 g/mol. The van der Waals surface area contributed by atoms with Crippen LogP contribution < -0.4 is 0 Å². The number of esters is 1. The van der Waals surface area contributed by atoms with Gasteiger partial charge in [-0.3, -0.25) is 9.78 Å². The van der Waals surface area contributed by atoms with Crippen molar-refractivity contribution in [2.24, 2.45) is 0 Å². The topological polar surface area (TPSA) is 78.0 Å². The molecule has 1 rings (SSSR count). The van der Waals surface area contributed by atoms with E-state index in [0.717, 1.165) is 12.1 Å². The molecule has 0 saturated heterocycles. The Morgan fingerprint density at radius 2 is 1.88 bits per heavy atom. The minimum absolute atomic E-state index is 0.0115. The molecule has 0 aliphatic rings. The molecule has 0 aliphatic carbocycles. The zero-order valence-electron chi connectivity index (χ0n) is 14.4. The highest BCUT2D eigenvalue weighted by Crippen LogP contribution is 1.97. The molecule has 1 aromatic heterocycles. The molecule has 1 amide bonds. The summed E-state index contributed by atoms with van der Waals surface area (Å²) in [6, 6.07) is 5.71. The lowest BCUT2D eigenvalue weighted by molar-refractivity contribution is -0.150. The first-order valence-corrected chi connectivity index (χ1v) is 8.08. The Labute approximate surface area is 142 Å². The largest absolute Gasteiger partial charge is 0.464 e. The van der Waals surface area contributed by atoms with Crippen molar-refractivity contribution in [3.8, 4) is 0 Å². The maximum atomic E-state index is 11.9. The van der Waals surface area contributed by atoms with E-state index < -0.39 is 0 Å². The molecule has 7 nitrogen and oxygen atoms in total. The van der Waals surface area contributed by atoms with E-state index in [-0.39, 0.29) is 38.3 Å². The average Bonchev–Trinajstić information content (AvgIpc) is 2.61. The SMILES string of the molecule is CCCOC(=O)COCCOCC(=O)N(C)CCc1ccccn1. The molecule has 0 aliphatic heterocycles. The van der Waals surface area contributed by atoms with Crippen molar-refractivity contribution in [3.05, 3.63) is 30.1 Å². The number of carbonyl (C=O) groups excluding carboxylic acids is 2. The van der Waals surface area contributed by atoms with Gasteiger partial charge in [-0.05, 0) is 18.6 Å². The number of rotatable bonds is 12. The molecular formula is C17H26N2O5. The van der Waals surface area contributed by atoms with Gasteiger partial charge in [0.1, 0.15) is 13.2 Å². The molecule has 1 aromatic rings. The number of ether oxygens (including phenoxy) is 3. The third kappa shape index (κ3) is 9.22. The number of hydrogen-bond donors (Lipinski definition) is 0. The van der Waals surface area contributed by atoms with Crippen LogP contribution in [0, 0.1) is 0 Å². The molecule has 24 heavy (non-hydrogen) atoms. The molecule has 0 unspecified atom stereocenters. The number of hydrogen-bond acceptors (Lipinski definition) is 6. The van der Waals surface area contributed by atoms with Crippen molar-refractivity contribution >= 4 is 11.9 Å². The van der Waals surface area contributed by atoms with Crippen molar-refractivity contribution < 1.29 is 23.8 Å². The third-order valence-corrected chi connectivity index (χ3v) is 3.14. The van der Waals surface area contributed by atoms with Crippen LogP contribution in [0.5, 0.6) is 0 Å². The predicted molar refractivity (Wildman–Crippen MR) is 88.5 cm³/mol.